The summed E-state index contributed by atoms with van der Waals surface area (Å²) >= 11 is 0. The summed E-state index contributed by atoms with van der Waals surface area (Å²) in [6, 6.07) is 9.84. The van der Waals surface area contributed by atoms with Crippen molar-refractivity contribution >= 4 is 15.9 Å². The number of piperidine rings is 1. The quantitative estimate of drug-likeness (QED) is 0.890. The van der Waals surface area contributed by atoms with Crippen molar-refractivity contribution in [3.8, 4) is 0 Å². The zero-order valence-corrected chi connectivity index (χ0v) is 14.5. The van der Waals surface area contributed by atoms with Crippen LogP contribution in [0.3, 0.4) is 0 Å². The van der Waals surface area contributed by atoms with E-state index < -0.39 is 9.84 Å². The fraction of sp³-hybridized carbons (Fsp3) is 0.588. The van der Waals surface area contributed by atoms with E-state index in [1.165, 1.54) is 0 Å². The molecule has 2 aliphatic heterocycles. The fourth-order valence-electron chi connectivity index (χ4n) is 3.40. The molecule has 1 atom stereocenters. The highest BCUT2D eigenvalue weighted by atomic mass is 32.2. The standard InChI is InChI=1S/C17H24N2O4S/c20-17(23-12-14-4-2-1-3-5-14)18-15-6-9-19(10-7-15)16-8-11-24(21,22)13-16/h1-5,15-16H,6-13H2,(H,18,20)/t16-/m1/s1. The van der Waals surface area contributed by atoms with Gasteiger partial charge in [0.2, 0.25) is 0 Å². The van der Waals surface area contributed by atoms with Crippen LogP contribution in [-0.2, 0) is 21.2 Å². The van der Waals surface area contributed by atoms with Crippen molar-refractivity contribution < 1.29 is 17.9 Å². The number of alkyl carbamates (subject to hydrolysis) is 1. The smallest absolute Gasteiger partial charge is 0.407 e. The molecule has 0 unspecified atom stereocenters. The van der Waals surface area contributed by atoms with Gasteiger partial charge >= 0.3 is 6.09 Å². The third-order valence-electron chi connectivity index (χ3n) is 4.79. The molecule has 3 rings (SSSR count). The number of ether oxygens (including phenoxy) is 1. The number of hydrogen-bond acceptors (Lipinski definition) is 5. The SMILES string of the molecule is O=C(NC1CCN([C@@H]2CCS(=O)(=O)C2)CC1)OCc1ccccc1. The highest BCUT2D eigenvalue weighted by Gasteiger charge is 2.34. The molecule has 2 saturated heterocycles. The van der Waals surface area contributed by atoms with Crippen LogP contribution in [0.5, 0.6) is 0 Å². The summed E-state index contributed by atoms with van der Waals surface area (Å²) < 4.78 is 28.4. The third-order valence-corrected chi connectivity index (χ3v) is 6.54. The van der Waals surface area contributed by atoms with Crippen LogP contribution in [0, 0.1) is 0 Å². The van der Waals surface area contributed by atoms with E-state index in [9.17, 15) is 13.2 Å². The van der Waals surface area contributed by atoms with E-state index in [2.05, 4.69) is 10.2 Å². The molecule has 1 aromatic carbocycles. The predicted octanol–water partition coefficient (Wildman–Crippen LogP) is 1.56. The summed E-state index contributed by atoms with van der Waals surface area (Å²) in [5.74, 6) is 0.589. The third kappa shape index (κ3) is 4.70. The Morgan fingerprint density at radius 1 is 1.17 bits per heavy atom. The highest BCUT2D eigenvalue weighted by molar-refractivity contribution is 7.91. The van der Waals surface area contributed by atoms with Crippen LogP contribution in [0.2, 0.25) is 0 Å². The van der Waals surface area contributed by atoms with Gasteiger partial charge in [0.05, 0.1) is 11.5 Å². The normalized spacial score (nSPS) is 24.6. The highest BCUT2D eigenvalue weighted by Crippen LogP contribution is 2.21. The minimum Gasteiger partial charge on any atom is -0.445 e. The lowest BCUT2D eigenvalue weighted by atomic mass is 10.0. The maximum absolute atomic E-state index is 11.9. The molecule has 2 fully saturated rings. The maximum Gasteiger partial charge on any atom is 0.407 e. The molecule has 0 bridgehead atoms. The van der Waals surface area contributed by atoms with Gasteiger partial charge in [-0.25, -0.2) is 13.2 Å². The summed E-state index contributed by atoms with van der Waals surface area (Å²) in [5, 5.41) is 2.91. The fourth-order valence-corrected chi connectivity index (χ4v) is 5.17. The Morgan fingerprint density at radius 3 is 2.50 bits per heavy atom. The van der Waals surface area contributed by atoms with Gasteiger partial charge in [0.15, 0.2) is 9.84 Å². The van der Waals surface area contributed by atoms with Gasteiger partial charge < -0.3 is 10.1 Å². The summed E-state index contributed by atoms with van der Waals surface area (Å²) in [6.45, 7) is 1.92. The van der Waals surface area contributed by atoms with Crippen LogP contribution < -0.4 is 5.32 Å². The predicted molar refractivity (Wildman–Crippen MR) is 91.4 cm³/mol. The van der Waals surface area contributed by atoms with E-state index in [-0.39, 0.29) is 30.5 Å². The molecule has 7 heteroatoms. The first-order valence-electron chi connectivity index (χ1n) is 8.43. The van der Waals surface area contributed by atoms with E-state index in [4.69, 9.17) is 4.74 Å². The number of amides is 1. The Kier molecular flexibility index (Phi) is 5.40. The molecule has 0 aliphatic carbocycles. The van der Waals surface area contributed by atoms with Gasteiger partial charge in [0, 0.05) is 25.2 Å². The number of sulfone groups is 1. The Morgan fingerprint density at radius 2 is 1.88 bits per heavy atom. The molecule has 6 nitrogen and oxygen atoms in total. The summed E-state index contributed by atoms with van der Waals surface area (Å²) in [7, 11) is -2.84. The van der Waals surface area contributed by atoms with Crippen LogP contribution in [0.4, 0.5) is 4.79 Å². The lowest BCUT2D eigenvalue weighted by Gasteiger charge is -2.35. The topological polar surface area (TPSA) is 75.7 Å². The van der Waals surface area contributed by atoms with Gasteiger partial charge in [-0.05, 0) is 24.8 Å². The minimum absolute atomic E-state index is 0.0996. The molecule has 2 heterocycles. The van der Waals surface area contributed by atoms with Crippen LogP contribution in [0.15, 0.2) is 30.3 Å². The van der Waals surface area contributed by atoms with E-state index >= 15 is 0 Å². The first-order valence-corrected chi connectivity index (χ1v) is 10.3. The average molecular weight is 352 g/mol. The first-order chi connectivity index (χ1) is 11.5. The number of nitrogens with zero attached hydrogens (tertiary/aromatic N) is 1. The number of rotatable bonds is 4. The second-order valence-electron chi connectivity index (χ2n) is 6.57. The molecule has 1 amide bonds. The van der Waals surface area contributed by atoms with Gasteiger partial charge in [-0.1, -0.05) is 30.3 Å². The number of nitrogens with one attached hydrogen (secondary N) is 1. The Labute approximate surface area is 143 Å². The summed E-state index contributed by atoms with van der Waals surface area (Å²) in [5.41, 5.74) is 0.963. The zero-order chi connectivity index (χ0) is 17.0. The minimum atomic E-state index is -2.84. The van der Waals surface area contributed by atoms with E-state index in [1.54, 1.807) is 0 Å². The molecule has 0 saturated carbocycles. The second-order valence-corrected chi connectivity index (χ2v) is 8.80. The second kappa shape index (κ2) is 7.53. The Bertz CT molecular complexity index is 654. The van der Waals surface area contributed by atoms with Crippen molar-refractivity contribution in [3.05, 3.63) is 35.9 Å². The lowest BCUT2D eigenvalue weighted by Crippen LogP contribution is -2.48. The Hall–Kier alpha value is -1.60. The lowest BCUT2D eigenvalue weighted by molar-refractivity contribution is 0.119. The first kappa shape index (κ1) is 17.2. The van der Waals surface area contributed by atoms with Crippen molar-refractivity contribution in [1.29, 1.82) is 0 Å². The van der Waals surface area contributed by atoms with Crippen LogP contribution in [-0.4, -0.2) is 56.1 Å². The molecule has 0 spiro atoms. The van der Waals surface area contributed by atoms with Gasteiger partial charge in [0.25, 0.3) is 0 Å². The van der Waals surface area contributed by atoms with Gasteiger partial charge in [-0.15, -0.1) is 0 Å². The molecule has 1 aromatic rings. The number of carbonyl (C=O) groups is 1. The van der Waals surface area contributed by atoms with Crippen LogP contribution >= 0.6 is 0 Å². The van der Waals surface area contributed by atoms with Gasteiger partial charge in [-0.3, -0.25) is 4.90 Å². The van der Waals surface area contributed by atoms with Crippen molar-refractivity contribution in [1.82, 2.24) is 10.2 Å². The summed E-state index contributed by atoms with van der Waals surface area (Å²) in [4.78, 5) is 14.1. The van der Waals surface area contributed by atoms with Crippen molar-refractivity contribution in [2.24, 2.45) is 0 Å². The van der Waals surface area contributed by atoms with Crippen molar-refractivity contribution in [2.45, 2.75) is 38.0 Å². The average Bonchev–Trinajstić information content (AvgIpc) is 2.95. The zero-order valence-electron chi connectivity index (χ0n) is 13.7. The van der Waals surface area contributed by atoms with Crippen LogP contribution in [0.25, 0.3) is 0 Å². The number of benzene rings is 1. The maximum atomic E-state index is 11.9. The van der Waals surface area contributed by atoms with Crippen molar-refractivity contribution in [2.75, 3.05) is 24.6 Å². The Balaban J connectivity index is 1.38. The monoisotopic (exact) mass is 352 g/mol. The molecule has 24 heavy (non-hydrogen) atoms. The summed E-state index contributed by atoms with van der Waals surface area (Å²) in [6.07, 6.45) is 2.01. The number of likely N-dealkylation sites (tertiary alicyclic amines) is 1. The van der Waals surface area contributed by atoms with Gasteiger partial charge in [0.1, 0.15) is 6.61 Å². The van der Waals surface area contributed by atoms with E-state index in [0.717, 1.165) is 37.9 Å². The largest absolute Gasteiger partial charge is 0.445 e. The molecule has 1 N–H and O–H groups in total. The van der Waals surface area contributed by atoms with Crippen molar-refractivity contribution in [3.63, 3.8) is 0 Å². The molecule has 132 valence electrons. The molecule has 2 aliphatic rings. The van der Waals surface area contributed by atoms with E-state index in [1.807, 2.05) is 30.3 Å². The molecular weight excluding hydrogens is 328 g/mol. The molecule has 0 radical (unpaired) electrons. The van der Waals surface area contributed by atoms with Crippen LogP contribution in [0.1, 0.15) is 24.8 Å². The van der Waals surface area contributed by atoms with Gasteiger partial charge in [-0.2, -0.15) is 0 Å². The molecular formula is C17H24N2O4S. The van der Waals surface area contributed by atoms with E-state index in [0.29, 0.717) is 5.75 Å². The molecule has 0 aromatic heterocycles. The number of hydrogen-bond donors (Lipinski definition) is 1. The number of carbonyl (C=O) groups excluding carboxylic acids is 1.